The van der Waals surface area contributed by atoms with E-state index in [4.69, 9.17) is 21.1 Å². The average Bonchev–Trinajstić information content (AvgIpc) is 3.20. The van der Waals surface area contributed by atoms with E-state index in [9.17, 15) is 18.0 Å². The number of carbonyl (C=O) groups excluding carboxylic acids is 1. The first-order valence-electron chi connectivity index (χ1n) is 9.02. The van der Waals surface area contributed by atoms with Gasteiger partial charge in [0.05, 0.1) is 5.92 Å². The van der Waals surface area contributed by atoms with Crippen LogP contribution in [0.3, 0.4) is 0 Å². The minimum atomic E-state index is -4.62. The second-order valence-electron chi connectivity index (χ2n) is 7.51. The molecule has 2 aromatic rings. The predicted molar refractivity (Wildman–Crippen MR) is 104 cm³/mol. The highest BCUT2D eigenvalue weighted by Crippen LogP contribution is 2.60. The fraction of sp³-hybridized carbons (Fsp3) is 0.318. The SMILES string of the molecule is CC1(C)[C@H](/C=C(\Cl)C(F)(F)F)[C@@H]1C(=O)OCc1cccc(Oc2ccccc2)c1. The van der Waals surface area contributed by atoms with Crippen molar-refractivity contribution in [3.8, 4) is 11.5 Å². The summed E-state index contributed by atoms with van der Waals surface area (Å²) in [4.78, 5) is 12.4. The standard InChI is InChI=1S/C22H20ClF3O3/c1-21(2)17(12-18(23)22(24,25)26)19(21)20(27)28-13-14-7-6-10-16(11-14)29-15-8-4-3-5-9-15/h3-12,17,19H,13H2,1-2H3/b18-12-/t17-,19-/m1/s1. The van der Waals surface area contributed by atoms with Crippen molar-refractivity contribution >= 4 is 17.6 Å². The number of ether oxygens (including phenoxy) is 2. The largest absolute Gasteiger partial charge is 0.461 e. The van der Waals surface area contributed by atoms with Gasteiger partial charge in [-0.2, -0.15) is 13.2 Å². The number of benzene rings is 2. The van der Waals surface area contributed by atoms with Crippen LogP contribution < -0.4 is 4.74 Å². The lowest BCUT2D eigenvalue weighted by atomic mass is 10.1. The van der Waals surface area contributed by atoms with Crippen LogP contribution >= 0.6 is 11.6 Å². The van der Waals surface area contributed by atoms with E-state index in [0.29, 0.717) is 17.1 Å². The molecule has 2 atom stereocenters. The maximum Gasteiger partial charge on any atom is 0.426 e. The number of alkyl halides is 3. The summed E-state index contributed by atoms with van der Waals surface area (Å²) in [6, 6.07) is 16.3. The molecule has 29 heavy (non-hydrogen) atoms. The molecular formula is C22H20ClF3O3. The topological polar surface area (TPSA) is 35.5 Å². The molecule has 0 spiro atoms. The van der Waals surface area contributed by atoms with Crippen LogP contribution in [0.2, 0.25) is 0 Å². The lowest BCUT2D eigenvalue weighted by Crippen LogP contribution is -2.11. The molecule has 0 unspecified atom stereocenters. The Balaban J connectivity index is 1.60. The summed E-state index contributed by atoms with van der Waals surface area (Å²) >= 11 is 5.32. The van der Waals surface area contributed by atoms with Crippen LogP contribution in [0, 0.1) is 17.3 Å². The van der Waals surface area contributed by atoms with Crippen LogP contribution in [0.25, 0.3) is 0 Å². The Kier molecular flexibility index (Phi) is 5.94. The molecule has 0 bridgehead atoms. The smallest absolute Gasteiger partial charge is 0.426 e. The minimum Gasteiger partial charge on any atom is -0.461 e. The molecule has 0 aliphatic heterocycles. The van der Waals surface area contributed by atoms with Gasteiger partial charge in [0.25, 0.3) is 0 Å². The van der Waals surface area contributed by atoms with Crippen molar-refractivity contribution in [3.63, 3.8) is 0 Å². The molecular weight excluding hydrogens is 405 g/mol. The molecule has 0 radical (unpaired) electrons. The molecule has 3 nitrogen and oxygen atoms in total. The van der Waals surface area contributed by atoms with Crippen LogP contribution in [0.4, 0.5) is 13.2 Å². The monoisotopic (exact) mass is 424 g/mol. The highest BCUT2D eigenvalue weighted by atomic mass is 35.5. The fourth-order valence-corrected chi connectivity index (χ4v) is 3.39. The third-order valence-corrected chi connectivity index (χ3v) is 5.36. The molecule has 0 aromatic heterocycles. The van der Waals surface area contributed by atoms with Crippen molar-refractivity contribution in [3.05, 3.63) is 71.3 Å². The molecule has 1 aliphatic carbocycles. The van der Waals surface area contributed by atoms with Crippen LogP contribution in [0.1, 0.15) is 19.4 Å². The van der Waals surface area contributed by atoms with Gasteiger partial charge in [0.1, 0.15) is 23.1 Å². The number of hydrogen-bond acceptors (Lipinski definition) is 3. The second kappa shape index (κ2) is 8.11. The van der Waals surface area contributed by atoms with E-state index < -0.39 is 34.4 Å². The summed E-state index contributed by atoms with van der Waals surface area (Å²) in [6.07, 6.45) is -3.71. The number of carbonyl (C=O) groups is 1. The van der Waals surface area contributed by atoms with Crippen LogP contribution in [0.15, 0.2) is 65.7 Å². The zero-order valence-electron chi connectivity index (χ0n) is 15.9. The molecule has 0 amide bonds. The Morgan fingerprint density at radius 2 is 1.76 bits per heavy atom. The van der Waals surface area contributed by atoms with E-state index in [1.54, 1.807) is 38.1 Å². The lowest BCUT2D eigenvalue weighted by molar-refractivity contribution is -0.147. The number of halogens is 4. The molecule has 1 aliphatic rings. The zero-order chi connectivity index (χ0) is 21.2. The van der Waals surface area contributed by atoms with Gasteiger partial charge in [-0.05, 0) is 41.2 Å². The first-order valence-corrected chi connectivity index (χ1v) is 9.40. The van der Waals surface area contributed by atoms with E-state index in [1.807, 2.05) is 30.3 Å². The quantitative estimate of drug-likeness (QED) is 0.498. The van der Waals surface area contributed by atoms with Crippen molar-refractivity contribution in [2.45, 2.75) is 26.6 Å². The van der Waals surface area contributed by atoms with E-state index in [0.717, 1.165) is 6.08 Å². The summed E-state index contributed by atoms with van der Waals surface area (Å²) in [5.74, 6) is -0.552. The van der Waals surface area contributed by atoms with Gasteiger partial charge in [0.15, 0.2) is 0 Å². The second-order valence-corrected chi connectivity index (χ2v) is 7.91. The third kappa shape index (κ3) is 5.12. The number of allylic oxidation sites excluding steroid dienone is 2. The Morgan fingerprint density at radius 3 is 2.41 bits per heavy atom. The van der Waals surface area contributed by atoms with Crippen LogP contribution in [0.5, 0.6) is 11.5 Å². The summed E-state index contributed by atoms with van der Waals surface area (Å²) in [7, 11) is 0. The number of para-hydroxylation sites is 1. The Labute approximate surface area is 172 Å². The van der Waals surface area contributed by atoms with Crippen molar-refractivity contribution in [1.82, 2.24) is 0 Å². The number of hydrogen-bond donors (Lipinski definition) is 0. The van der Waals surface area contributed by atoms with E-state index in [2.05, 4.69) is 0 Å². The molecule has 1 fully saturated rings. The van der Waals surface area contributed by atoms with Crippen LogP contribution in [-0.4, -0.2) is 12.1 Å². The summed E-state index contributed by atoms with van der Waals surface area (Å²) in [6.45, 7) is 3.44. The number of esters is 1. The van der Waals surface area contributed by atoms with E-state index in [1.165, 1.54) is 0 Å². The Morgan fingerprint density at radius 1 is 1.10 bits per heavy atom. The molecule has 0 heterocycles. The van der Waals surface area contributed by atoms with E-state index >= 15 is 0 Å². The van der Waals surface area contributed by atoms with Gasteiger partial charge < -0.3 is 9.47 Å². The fourth-order valence-electron chi connectivity index (χ4n) is 3.26. The lowest BCUT2D eigenvalue weighted by Gasteiger charge is -2.09. The Bertz CT molecular complexity index is 907. The Hall–Kier alpha value is -2.47. The third-order valence-electron chi connectivity index (χ3n) is 5.02. The van der Waals surface area contributed by atoms with Crippen molar-refractivity contribution in [2.24, 2.45) is 17.3 Å². The number of rotatable bonds is 6. The van der Waals surface area contributed by atoms with Crippen molar-refractivity contribution in [1.29, 1.82) is 0 Å². The zero-order valence-corrected chi connectivity index (χ0v) is 16.6. The van der Waals surface area contributed by atoms with Gasteiger partial charge in [0, 0.05) is 0 Å². The highest BCUT2D eigenvalue weighted by molar-refractivity contribution is 6.30. The molecule has 7 heteroatoms. The van der Waals surface area contributed by atoms with Gasteiger partial charge in [-0.3, -0.25) is 4.79 Å². The normalized spacial score (nSPS) is 20.8. The van der Waals surface area contributed by atoms with Crippen LogP contribution in [-0.2, 0) is 16.1 Å². The average molecular weight is 425 g/mol. The van der Waals surface area contributed by atoms with Gasteiger partial charge in [-0.15, -0.1) is 0 Å². The summed E-state index contributed by atoms with van der Waals surface area (Å²) < 4.78 is 49.0. The predicted octanol–water partition coefficient (Wildman–Crippen LogP) is 6.48. The molecule has 0 N–H and O–H groups in total. The van der Waals surface area contributed by atoms with Gasteiger partial charge in [-0.25, -0.2) is 0 Å². The molecule has 154 valence electrons. The first kappa shape index (κ1) is 21.2. The highest BCUT2D eigenvalue weighted by Gasteiger charge is 2.62. The first-order chi connectivity index (χ1) is 13.6. The van der Waals surface area contributed by atoms with E-state index in [-0.39, 0.29) is 6.61 Å². The van der Waals surface area contributed by atoms with Gasteiger partial charge >= 0.3 is 12.1 Å². The molecule has 2 aromatic carbocycles. The minimum absolute atomic E-state index is 0.000834. The van der Waals surface area contributed by atoms with Crippen molar-refractivity contribution < 1.29 is 27.4 Å². The summed E-state index contributed by atoms with van der Waals surface area (Å²) in [5.41, 5.74) is 0.0754. The summed E-state index contributed by atoms with van der Waals surface area (Å²) in [5, 5.41) is -1.21. The van der Waals surface area contributed by atoms with Gasteiger partial charge in [0.2, 0.25) is 0 Å². The van der Waals surface area contributed by atoms with Crippen molar-refractivity contribution in [2.75, 3.05) is 0 Å². The molecule has 1 saturated carbocycles. The molecule has 3 rings (SSSR count). The maximum absolute atomic E-state index is 12.7. The maximum atomic E-state index is 12.7. The molecule has 0 saturated heterocycles. The van der Waals surface area contributed by atoms with Gasteiger partial charge in [-0.1, -0.05) is 61.9 Å².